The maximum Gasteiger partial charge on any atom is 0.196 e. The van der Waals surface area contributed by atoms with Gasteiger partial charge in [-0.3, -0.25) is 4.79 Å². The minimum atomic E-state index is -0.534. The van der Waals surface area contributed by atoms with Crippen LogP contribution in [0.3, 0.4) is 0 Å². The molecule has 0 radical (unpaired) electrons. The number of carbonyl (C=O) groups is 1. The summed E-state index contributed by atoms with van der Waals surface area (Å²) < 4.78 is 5.36. The standard InChI is InChI=1S/C17H18O2/c1-3-13-9-11-14(12-10-13)16(18)17(19-2)15-7-5-4-6-8-15/h4-12,17H,3H2,1-2H3. The van der Waals surface area contributed by atoms with Gasteiger partial charge in [-0.25, -0.2) is 0 Å². The van der Waals surface area contributed by atoms with Crippen LogP contribution in [-0.2, 0) is 11.2 Å². The number of hydrogen-bond donors (Lipinski definition) is 0. The summed E-state index contributed by atoms with van der Waals surface area (Å²) in [6.07, 6.45) is 0.439. The van der Waals surface area contributed by atoms with E-state index in [1.807, 2.05) is 54.6 Å². The molecule has 0 heterocycles. The summed E-state index contributed by atoms with van der Waals surface area (Å²) in [7, 11) is 1.57. The van der Waals surface area contributed by atoms with Crippen LogP contribution in [0.25, 0.3) is 0 Å². The summed E-state index contributed by atoms with van der Waals surface area (Å²) >= 11 is 0. The molecule has 0 aliphatic rings. The molecule has 2 heteroatoms. The monoisotopic (exact) mass is 254 g/mol. The van der Waals surface area contributed by atoms with Gasteiger partial charge in [0, 0.05) is 12.7 Å². The largest absolute Gasteiger partial charge is 0.369 e. The van der Waals surface area contributed by atoms with Crippen LogP contribution in [-0.4, -0.2) is 12.9 Å². The van der Waals surface area contributed by atoms with E-state index in [4.69, 9.17) is 4.74 Å². The number of ketones is 1. The van der Waals surface area contributed by atoms with Crippen LogP contribution in [0, 0.1) is 0 Å². The highest BCUT2D eigenvalue weighted by Gasteiger charge is 2.21. The molecular weight excluding hydrogens is 236 g/mol. The Labute approximate surface area is 114 Å². The maximum absolute atomic E-state index is 12.5. The Bertz CT molecular complexity index is 529. The van der Waals surface area contributed by atoms with Gasteiger partial charge in [0.05, 0.1) is 0 Å². The topological polar surface area (TPSA) is 26.3 Å². The molecule has 2 rings (SSSR count). The van der Waals surface area contributed by atoms with Crippen LogP contribution in [0.15, 0.2) is 54.6 Å². The van der Waals surface area contributed by atoms with Gasteiger partial charge in [-0.2, -0.15) is 0 Å². The van der Waals surface area contributed by atoms with Gasteiger partial charge >= 0.3 is 0 Å². The molecule has 0 N–H and O–H groups in total. The minimum absolute atomic E-state index is 0.00338. The highest BCUT2D eigenvalue weighted by molar-refractivity contribution is 6.00. The average Bonchev–Trinajstić information content (AvgIpc) is 2.49. The molecule has 0 aromatic heterocycles. The van der Waals surface area contributed by atoms with E-state index in [2.05, 4.69) is 6.92 Å². The van der Waals surface area contributed by atoms with E-state index < -0.39 is 6.10 Å². The zero-order valence-electron chi connectivity index (χ0n) is 11.3. The lowest BCUT2D eigenvalue weighted by Crippen LogP contribution is -2.14. The molecule has 2 nitrogen and oxygen atoms in total. The van der Waals surface area contributed by atoms with Gasteiger partial charge in [-0.15, -0.1) is 0 Å². The second kappa shape index (κ2) is 6.30. The van der Waals surface area contributed by atoms with Crippen molar-refractivity contribution >= 4 is 5.78 Å². The molecule has 0 saturated heterocycles. The van der Waals surface area contributed by atoms with Gasteiger partial charge in [-0.1, -0.05) is 61.5 Å². The molecule has 1 atom stereocenters. The fraction of sp³-hybridized carbons (Fsp3) is 0.235. The first-order valence-corrected chi connectivity index (χ1v) is 6.47. The fourth-order valence-electron chi connectivity index (χ4n) is 2.08. The van der Waals surface area contributed by atoms with Crippen molar-refractivity contribution in [2.75, 3.05) is 7.11 Å². The predicted molar refractivity (Wildman–Crippen MR) is 76.3 cm³/mol. The molecule has 0 amide bonds. The summed E-state index contributed by atoms with van der Waals surface area (Å²) in [6, 6.07) is 17.3. The van der Waals surface area contributed by atoms with E-state index in [1.165, 1.54) is 5.56 Å². The Morgan fingerprint density at radius 1 is 1.05 bits per heavy atom. The number of rotatable bonds is 5. The molecule has 19 heavy (non-hydrogen) atoms. The molecule has 0 aliphatic heterocycles. The summed E-state index contributed by atoms with van der Waals surface area (Å²) in [5, 5.41) is 0. The minimum Gasteiger partial charge on any atom is -0.369 e. The summed E-state index contributed by atoms with van der Waals surface area (Å²) in [4.78, 5) is 12.5. The summed E-state index contributed by atoms with van der Waals surface area (Å²) in [5.41, 5.74) is 2.80. The Hall–Kier alpha value is -1.93. The van der Waals surface area contributed by atoms with Crippen LogP contribution >= 0.6 is 0 Å². The second-order valence-electron chi connectivity index (χ2n) is 4.44. The molecule has 2 aromatic rings. The third-order valence-corrected chi connectivity index (χ3v) is 3.22. The number of methoxy groups -OCH3 is 1. The molecule has 2 aromatic carbocycles. The Balaban J connectivity index is 2.25. The molecule has 0 aliphatic carbocycles. The third-order valence-electron chi connectivity index (χ3n) is 3.22. The summed E-state index contributed by atoms with van der Waals surface area (Å²) in [5.74, 6) is -0.00338. The van der Waals surface area contributed by atoms with Crippen molar-refractivity contribution in [1.29, 1.82) is 0 Å². The number of aryl methyl sites for hydroxylation is 1. The second-order valence-corrected chi connectivity index (χ2v) is 4.44. The lowest BCUT2D eigenvalue weighted by molar-refractivity contribution is 0.0604. The van der Waals surface area contributed by atoms with Crippen molar-refractivity contribution in [3.8, 4) is 0 Å². The number of carbonyl (C=O) groups excluding carboxylic acids is 1. The zero-order chi connectivity index (χ0) is 13.7. The third kappa shape index (κ3) is 3.09. The first-order valence-electron chi connectivity index (χ1n) is 6.47. The van der Waals surface area contributed by atoms with Gasteiger partial charge in [-0.05, 0) is 17.5 Å². The predicted octanol–water partition coefficient (Wildman–Crippen LogP) is 3.82. The van der Waals surface area contributed by atoms with Crippen molar-refractivity contribution in [3.63, 3.8) is 0 Å². The van der Waals surface area contributed by atoms with Crippen LogP contribution in [0.2, 0.25) is 0 Å². The van der Waals surface area contributed by atoms with Gasteiger partial charge in [0.25, 0.3) is 0 Å². The molecule has 0 saturated carbocycles. The molecule has 98 valence electrons. The van der Waals surface area contributed by atoms with Crippen molar-refractivity contribution in [3.05, 3.63) is 71.3 Å². The number of Topliss-reactive ketones (excluding diaryl/α,β-unsaturated/α-hetero) is 1. The summed E-state index contributed by atoms with van der Waals surface area (Å²) in [6.45, 7) is 2.10. The van der Waals surface area contributed by atoms with Crippen molar-refractivity contribution in [2.45, 2.75) is 19.4 Å². The van der Waals surface area contributed by atoms with E-state index in [9.17, 15) is 4.79 Å². The molecular formula is C17H18O2. The van der Waals surface area contributed by atoms with E-state index in [-0.39, 0.29) is 5.78 Å². The van der Waals surface area contributed by atoms with E-state index in [1.54, 1.807) is 7.11 Å². The highest BCUT2D eigenvalue weighted by atomic mass is 16.5. The zero-order valence-corrected chi connectivity index (χ0v) is 11.3. The van der Waals surface area contributed by atoms with Gasteiger partial charge in [0.2, 0.25) is 0 Å². The first-order chi connectivity index (χ1) is 9.26. The maximum atomic E-state index is 12.5. The first kappa shape index (κ1) is 13.5. The number of benzene rings is 2. The molecule has 0 spiro atoms. The van der Waals surface area contributed by atoms with E-state index in [0.717, 1.165) is 12.0 Å². The Morgan fingerprint density at radius 2 is 1.68 bits per heavy atom. The lowest BCUT2D eigenvalue weighted by Gasteiger charge is -2.14. The normalized spacial score (nSPS) is 12.1. The van der Waals surface area contributed by atoms with Crippen LogP contribution in [0.5, 0.6) is 0 Å². The Kier molecular flexibility index (Phi) is 4.48. The molecule has 0 bridgehead atoms. The number of hydrogen-bond acceptors (Lipinski definition) is 2. The van der Waals surface area contributed by atoms with Gasteiger partial charge in [0.15, 0.2) is 5.78 Å². The smallest absolute Gasteiger partial charge is 0.196 e. The SMILES string of the molecule is CCc1ccc(C(=O)C(OC)c2ccccc2)cc1. The lowest BCUT2D eigenvalue weighted by atomic mass is 9.98. The van der Waals surface area contributed by atoms with Crippen molar-refractivity contribution in [2.24, 2.45) is 0 Å². The quantitative estimate of drug-likeness (QED) is 0.758. The Morgan fingerprint density at radius 3 is 2.21 bits per heavy atom. The highest BCUT2D eigenvalue weighted by Crippen LogP contribution is 2.21. The average molecular weight is 254 g/mol. The fourth-order valence-corrected chi connectivity index (χ4v) is 2.08. The van der Waals surface area contributed by atoms with E-state index in [0.29, 0.717) is 5.56 Å². The van der Waals surface area contributed by atoms with Crippen molar-refractivity contribution in [1.82, 2.24) is 0 Å². The van der Waals surface area contributed by atoms with Crippen molar-refractivity contribution < 1.29 is 9.53 Å². The molecule has 0 fully saturated rings. The number of ether oxygens (including phenoxy) is 1. The van der Waals surface area contributed by atoms with Crippen LogP contribution in [0.4, 0.5) is 0 Å². The van der Waals surface area contributed by atoms with E-state index >= 15 is 0 Å². The van der Waals surface area contributed by atoms with Crippen LogP contribution in [0.1, 0.15) is 34.5 Å². The van der Waals surface area contributed by atoms with Gasteiger partial charge in [0.1, 0.15) is 6.10 Å². The van der Waals surface area contributed by atoms with Crippen LogP contribution < -0.4 is 0 Å². The van der Waals surface area contributed by atoms with Gasteiger partial charge < -0.3 is 4.74 Å². The molecule has 1 unspecified atom stereocenters.